The van der Waals surface area contributed by atoms with Crippen molar-refractivity contribution in [3.05, 3.63) is 35.9 Å². The van der Waals surface area contributed by atoms with Crippen molar-refractivity contribution in [2.45, 2.75) is 18.9 Å². The predicted molar refractivity (Wildman–Crippen MR) is 74.3 cm³/mol. The van der Waals surface area contributed by atoms with Gasteiger partial charge in [-0.05, 0) is 18.4 Å². The normalized spacial score (nSPS) is 14.7. The number of carbonyl (C=O) groups excluding carboxylic acids is 1. The van der Waals surface area contributed by atoms with Crippen molar-refractivity contribution in [1.29, 1.82) is 0 Å². The molecule has 1 aromatic rings. The highest BCUT2D eigenvalue weighted by Gasteiger charge is 2.21. The summed E-state index contributed by atoms with van der Waals surface area (Å²) in [5.41, 5.74) is 6.23. The average Bonchev–Trinajstić information content (AvgIpc) is 2.36. The second kappa shape index (κ2) is 7.37. The minimum absolute atomic E-state index is 0.0553. The second-order valence-corrected chi connectivity index (χ2v) is 6.31. The van der Waals surface area contributed by atoms with Gasteiger partial charge in [-0.2, -0.15) is 8.42 Å². The Hall–Kier alpha value is -1.44. The minimum Gasteiger partial charge on any atom is -0.391 e. The maximum Gasteiger partial charge on any atom is 0.264 e. The van der Waals surface area contributed by atoms with E-state index in [1.165, 1.54) is 0 Å². The van der Waals surface area contributed by atoms with Crippen molar-refractivity contribution in [3.63, 3.8) is 0 Å². The summed E-state index contributed by atoms with van der Waals surface area (Å²) in [7, 11) is -3.61. The molecule has 0 aliphatic rings. The van der Waals surface area contributed by atoms with E-state index in [1.807, 2.05) is 30.3 Å². The highest BCUT2D eigenvalue weighted by Crippen LogP contribution is 2.14. The lowest BCUT2D eigenvalue weighted by atomic mass is 9.93. The number of carbonyl (C=O) groups is 1. The van der Waals surface area contributed by atoms with E-state index in [2.05, 4.69) is 4.18 Å². The molecule has 0 fully saturated rings. The standard InChI is InChI=1S/C13H19NO5S/c1-20(17,18)19-9-12(15)8-11(13(14)16)7-10-5-3-2-4-6-10/h2-6,11-12,15H,7-9H2,1H3,(H2,14,16)/t11-,12?/m0/s1. The summed E-state index contributed by atoms with van der Waals surface area (Å²) in [6.45, 7) is -0.378. The van der Waals surface area contributed by atoms with Crippen molar-refractivity contribution < 1.29 is 22.5 Å². The molecular weight excluding hydrogens is 282 g/mol. The lowest BCUT2D eigenvalue weighted by Crippen LogP contribution is -2.31. The molecule has 7 heteroatoms. The zero-order valence-electron chi connectivity index (χ0n) is 11.2. The van der Waals surface area contributed by atoms with Crippen LogP contribution in [-0.2, 0) is 25.5 Å². The second-order valence-electron chi connectivity index (χ2n) is 4.67. The number of rotatable bonds is 8. The van der Waals surface area contributed by atoms with Crippen LogP contribution < -0.4 is 5.73 Å². The fourth-order valence-corrected chi connectivity index (χ4v) is 2.20. The van der Waals surface area contributed by atoms with Gasteiger partial charge in [0.05, 0.1) is 19.0 Å². The van der Waals surface area contributed by atoms with Gasteiger partial charge in [0.2, 0.25) is 5.91 Å². The van der Waals surface area contributed by atoms with Gasteiger partial charge < -0.3 is 10.8 Å². The Bertz CT molecular complexity index is 529. The number of aliphatic hydroxyl groups is 1. The summed E-state index contributed by atoms with van der Waals surface area (Å²) < 4.78 is 26.1. The quantitative estimate of drug-likeness (QED) is 0.660. The lowest BCUT2D eigenvalue weighted by molar-refractivity contribution is -0.122. The Balaban J connectivity index is 2.57. The van der Waals surface area contributed by atoms with Gasteiger partial charge in [0.1, 0.15) is 0 Å². The highest BCUT2D eigenvalue weighted by atomic mass is 32.2. The van der Waals surface area contributed by atoms with E-state index in [9.17, 15) is 18.3 Å². The third kappa shape index (κ3) is 6.65. The van der Waals surface area contributed by atoms with Gasteiger partial charge in [0.15, 0.2) is 0 Å². The molecule has 1 rings (SSSR count). The molecule has 0 spiro atoms. The van der Waals surface area contributed by atoms with Gasteiger partial charge in [-0.25, -0.2) is 0 Å². The number of hydrogen-bond donors (Lipinski definition) is 2. The van der Waals surface area contributed by atoms with Crippen molar-refractivity contribution in [3.8, 4) is 0 Å². The first kappa shape index (κ1) is 16.6. The minimum atomic E-state index is -3.61. The van der Waals surface area contributed by atoms with E-state index in [0.29, 0.717) is 6.42 Å². The molecule has 112 valence electrons. The van der Waals surface area contributed by atoms with Crippen LogP contribution in [0, 0.1) is 5.92 Å². The summed E-state index contributed by atoms with van der Waals surface area (Å²) in [5, 5.41) is 9.71. The number of nitrogens with two attached hydrogens (primary N) is 1. The van der Waals surface area contributed by atoms with Gasteiger partial charge >= 0.3 is 0 Å². The van der Waals surface area contributed by atoms with Crippen molar-refractivity contribution >= 4 is 16.0 Å². The molecule has 1 amide bonds. The molecule has 0 aliphatic heterocycles. The van der Waals surface area contributed by atoms with Crippen LogP contribution in [0.5, 0.6) is 0 Å². The van der Waals surface area contributed by atoms with E-state index in [0.717, 1.165) is 11.8 Å². The first-order chi connectivity index (χ1) is 9.28. The van der Waals surface area contributed by atoms with Gasteiger partial charge in [-0.15, -0.1) is 0 Å². The average molecular weight is 301 g/mol. The highest BCUT2D eigenvalue weighted by molar-refractivity contribution is 7.85. The molecule has 1 aromatic carbocycles. The first-order valence-corrected chi connectivity index (χ1v) is 7.95. The van der Waals surface area contributed by atoms with E-state index in [4.69, 9.17) is 5.73 Å². The van der Waals surface area contributed by atoms with E-state index in [-0.39, 0.29) is 13.0 Å². The fraction of sp³-hybridized carbons (Fsp3) is 0.462. The molecule has 20 heavy (non-hydrogen) atoms. The zero-order valence-corrected chi connectivity index (χ0v) is 12.0. The molecule has 0 radical (unpaired) electrons. The summed E-state index contributed by atoms with van der Waals surface area (Å²) in [6.07, 6.45) is 0.284. The molecule has 6 nitrogen and oxygen atoms in total. The molecule has 0 heterocycles. The Labute approximate surface area is 118 Å². The van der Waals surface area contributed by atoms with Gasteiger partial charge in [0, 0.05) is 5.92 Å². The van der Waals surface area contributed by atoms with Crippen molar-refractivity contribution in [1.82, 2.24) is 0 Å². The number of aliphatic hydroxyl groups excluding tert-OH is 1. The molecule has 0 aromatic heterocycles. The lowest BCUT2D eigenvalue weighted by Gasteiger charge is -2.17. The summed E-state index contributed by atoms with van der Waals surface area (Å²) in [6, 6.07) is 9.26. The molecule has 0 aliphatic carbocycles. The molecule has 0 saturated carbocycles. The Morgan fingerprint density at radius 3 is 2.45 bits per heavy atom. The number of amides is 1. The molecule has 2 atom stereocenters. The summed E-state index contributed by atoms with van der Waals surface area (Å²) in [5.74, 6) is -1.11. The van der Waals surface area contributed by atoms with Crippen LogP contribution in [0.3, 0.4) is 0 Å². The third-order valence-corrected chi connectivity index (χ3v) is 3.32. The van der Waals surface area contributed by atoms with Crippen LogP contribution in [0.25, 0.3) is 0 Å². The smallest absolute Gasteiger partial charge is 0.264 e. The monoisotopic (exact) mass is 301 g/mol. The zero-order chi connectivity index (χ0) is 15.2. The molecule has 0 bridgehead atoms. The van der Waals surface area contributed by atoms with Crippen molar-refractivity contribution in [2.75, 3.05) is 12.9 Å². The van der Waals surface area contributed by atoms with Crippen LogP contribution in [0.2, 0.25) is 0 Å². The van der Waals surface area contributed by atoms with E-state index in [1.54, 1.807) is 0 Å². The Morgan fingerprint density at radius 1 is 1.35 bits per heavy atom. The topological polar surface area (TPSA) is 107 Å². The molecule has 3 N–H and O–H groups in total. The number of benzene rings is 1. The van der Waals surface area contributed by atoms with Crippen LogP contribution in [0.1, 0.15) is 12.0 Å². The predicted octanol–water partition coefficient (Wildman–Crippen LogP) is 0.0578. The number of primary amides is 1. The number of hydrogen-bond acceptors (Lipinski definition) is 5. The van der Waals surface area contributed by atoms with Gasteiger partial charge in [-0.3, -0.25) is 8.98 Å². The summed E-state index contributed by atoms with van der Waals surface area (Å²) >= 11 is 0. The van der Waals surface area contributed by atoms with Crippen molar-refractivity contribution in [2.24, 2.45) is 11.7 Å². The maximum absolute atomic E-state index is 11.4. The Kier molecular flexibility index (Phi) is 6.12. The fourth-order valence-electron chi connectivity index (χ4n) is 1.80. The van der Waals surface area contributed by atoms with Crippen LogP contribution in [-0.4, -0.2) is 38.4 Å². The molecular formula is C13H19NO5S. The SMILES string of the molecule is CS(=O)(=O)OCC(O)C[C@H](Cc1ccccc1)C(N)=O. The van der Waals surface area contributed by atoms with Crippen LogP contribution in [0.4, 0.5) is 0 Å². The first-order valence-electron chi connectivity index (χ1n) is 6.13. The van der Waals surface area contributed by atoms with Gasteiger partial charge in [-0.1, -0.05) is 30.3 Å². The van der Waals surface area contributed by atoms with E-state index < -0.39 is 28.0 Å². The maximum atomic E-state index is 11.4. The Morgan fingerprint density at radius 2 is 1.95 bits per heavy atom. The third-order valence-electron chi connectivity index (χ3n) is 2.76. The van der Waals surface area contributed by atoms with Crippen LogP contribution in [0.15, 0.2) is 30.3 Å². The largest absolute Gasteiger partial charge is 0.391 e. The van der Waals surface area contributed by atoms with E-state index >= 15 is 0 Å². The molecule has 1 unspecified atom stereocenters. The molecule has 0 saturated heterocycles. The van der Waals surface area contributed by atoms with Gasteiger partial charge in [0.25, 0.3) is 10.1 Å². The summed E-state index contributed by atoms with van der Waals surface area (Å²) in [4.78, 5) is 11.4. The van der Waals surface area contributed by atoms with Crippen LogP contribution >= 0.6 is 0 Å².